The predicted octanol–water partition coefficient (Wildman–Crippen LogP) is 3.26. The number of carbonyl (C=O) groups excluding carboxylic acids is 1. The SMILES string of the molecule is CC(=O)Nc1ccc(C=NCc2ccccc2)cc1. The molecule has 0 saturated carbocycles. The van der Waals surface area contributed by atoms with Gasteiger partial charge in [0.1, 0.15) is 0 Å². The summed E-state index contributed by atoms with van der Waals surface area (Å²) in [6.45, 7) is 2.17. The van der Waals surface area contributed by atoms with Crippen LogP contribution in [0.3, 0.4) is 0 Å². The maximum atomic E-state index is 10.9. The molecule has 0 heterocycles. The Balaban J connectivity index is 1.94. The largest absolute Gasteiger partial charge is 0.326 e. The summed E-state index contributed by atoms with van der Waals surface area (Å²) < 4.78 is 0. The number of anilines is 1. The van der Waals surface area contributed by atoms with Crippen LogP contribution in [-0.2, 0) is 11.3 Å². The third-order valence-electron chi connectivity index (χ3n) is 2.59. The zero-order valence-electron chi connectivity index (χ0n) is 10.8. The van der Waals surface area contributed by atoms with E-state index in [2.05, 4.69) is 22.4 Å². The van der Waals surface area contributed by atoms with Gasteiger partial charge in [-0.3, -0.25) is 9.79 Å². The van der Waals surface area contributed by atoms with Crippen molar-refractivity contribution in [3.63, 3.8) is 0 Å². The number of hydrogen-bond acceptors (Lipinski definition) is 2. The highest BCUT2D eigenvalue weighted by Crippen LogP contribution is 2.08. The van der Waals surface area contributed by atoms with Crippen molar-refractivity contribution >= 4 is 17.8 Å². The van der Waals surface area contributed by atoms with E-state index in [1.165, 1.54) is 12.5 Å². The molecule has 1 amide bonds. The Bertz CT molecular complexity index is 559. The number of hydrogen-bond donors (Lipinski definition) is 1. The first kappa shape index (κ1) is 13.0. The standard InChI is InChI=1S/C16H16N2O/c1-13(19)18-16-9-7-15(8-10-16)12-17-11-14-5-3-2-4-6-14/h2-10,12H,11H2,1H3,(H,18,19). The summed E-state index contributed by atoms with van der Waals surface area (Å²) in [6, 6.07) is 17.7. The van der Waals surface area contributed by atoms with Gasteiger partial charge in [-0.1, -0.05) is 42.5 Å². The first-order valence-electron chi connectivity index (χ1n) is 6.15. The zero-order valence-corrected chi connectivity index (χ0v) is 10.8. The second-order valence-corrected chi connectivity index (χ2v) is 4.26. The molecule has 0 aliphatic heterocycles. The predicted molar refractivity (Wildman–Crippen MR) is 78.5 cm³/mol. The van der Waals surface area contributed by atoms with Gasteiger partial charge < -0.3 is 5.32 Å². The van der Waals surface area contributed by atoms with Crippen molar-refractivity contribution in [1.82, 2.24) is 0 Å². The monoisotopic (exact) mass is 252 g/mol. The summed E-state index contributed by atoms with van der Waals surface area (Å²) in [4.78, 5) is 15.3. The van der Waals surface area contributed by atoms with Gasteiger partial charge in [0.15, 0.2) is 0 Å². The quantitative estimate of drug-likeness (QED) is 0.834. The number of aliphatic imine (C=N–C) groups is 1. The maximum Gasteiger partial charge on any atom is 0.221 e. The second-order valence-electron chi connectivity index (χ2n) is 4.26. The zero-order chi connectivity index (χ0) is 13.5. The number of amides is 1. The van der Waals surface area contributed by atoms with Crippen molar-refractivity contribution in [2.45, 2.75) is 13.5 Å². The number of nitrogens with zero attached hydrogens (tertiary/aromatic N) is 1. The Morgan fingerprint density at radius 2 is 1.79 bits per heavy atom. The lowest BCUT2D eigenvalue weighted by atomic mass is 10.2. The van der Waals surface area contributed by atoms with E-state index in [-0.39, 0.29) is 5.91 Å². The summed E-state index contributed by atoms with van der Waals surface area (Å²) in [6.07, 6.45) is 1.84. The second kappa shape index (κ2) is 6.50. The molecular weight excluding hydrogens is 236 g/mol. The normalized spacial score (nSPS) is 10.6. The molecule has 2 rings (SSSR count). The van der Waals surface area contributed by atoms with Crippen molar-refractivity contribution in [3.8, 4) is 0 Å². The van der Waals surface area contributed by atoms with E-state index >= 15 is 0 Å². The molecule has 0 atom stereocenters. The van der Waals surface area contributed by atoms with Gasteiger partial charge in [-0.2, -0.15) is 0 Å². The van der Waals surface area contributed by atoms with Crippen molar-refractivity contribution in [3.05, 3.63) is 65.7 Å². The maximum absolute atomic E-state index is 10.9. The van der Waals surface area contributed by atoms with Crippen LogP contribution in [0.2, 0.25) is 0 Å². The first-order valence-corrected chi connectivity index (χ1v) is 6.15. The average molecular weight is 252 g/mol. The molecule has 0 saturated heterocycles. The average Bonchev–Trinajstić information content (AvgIpc) is 2.41. The van der Waals surface area contributed by atoms with Crippen LogP contribution in [0, 0.1) is 0 Å². The van der Waals surface area contributed by atoms with Crippen LogP contribution < -0.4 is 5.32 Å². The minimum Gasteiger partial charge on any atom is -0.326 e. The molecule has 2 aromatic rings. The van der Waals surface area contributed by atoms with Gasteiger partial charge in [0, 0.05) is 18.8 Å². The molecule has 0 radical (unpaired) electrons. The molecule has 0 aliphatic rings. The van der Waals surface area contributed by atoms with Crippen molar-refractivity contribution in [1.29, 1.82) is 0 Å². The van der Waals surface area contributed by atoms with E-state index in [0.717, 1.165) is 11.3 Å². The number of rotatable bonds is 4. The van der Waals surface area contributed by atoms with E-state index in [9.17, 15) is 4.79 Å². The molecule has 3 heteroatoms. The van der Waals surface area contributed by atoms with Gasteiger partial charge in [0.2, 0.25) is 5.91 Å². The Labute approximate surface area is 113 Å². The minimum absolute atomic E-state index is 0.0644. The summed E-state index contributed by atoms with van der Waals surface area (Å²) in [5, 5.41) is 2.73. The molecule has 19 heavy (non-hydrogen) atoms. The molecule has 0 unspecified atom stereocenters. The highest BCUT2D eigenvalue weighted by Gasteiger charge is 1.94. The summed E-state index contributed by atoms with van der Waals surface area (Å²) in [7, 11) is 0. The van der Waals surface area contributed by atoms with Gasteiger partial charge in [-0.05, 0) is 23.3 Å². The molecule has 0 aliphatic carbocycles. The van der Waals surface area contributed by atoms with E-state index in [1.54, 1.807) is 0 Å². The van der Waals surface area contributed by atoms with Gasteiger partial charge in [-0.15, -0.1) is 0 Å². The van der Waals surface area contributed by atoms with Crippen LogP contribution in [0.5, 0.6) is 0 Å². The lowest BCUT2D eigenvalue weighted by Crippen LogP contribution is -2.05. The minimum atomic E-state index is -0.0644. The third-order valence-corrected chi connectivity index (χ3v) is 2.59. The first-order chi connectivity index (χ1) is 9.24. The van der Waals surface area contributed by atoms with Crippen LogP contribution in [0.15, 0.2) is 59.6 Å². The van der Waals surface area contributed by atoms with Crippen LogP contribution >= 0.6 is 0 Å². The summed E-state index contributed by atoms with van der Waals surface area (Å²) >= 11 is 0. The van der Waals surface area contributed by atoms with Crippen molar-refractivity contribution in [2.24, 2.45) is 4.99 Å². The van der Waals surface area contributed by atoms with Crippen molar-refractivity contribution < 1.29 is 4.79 Å². The van der Waals surface area contributed by atoms with Crippen LogP contribution in [0.25, 0.3) is 0 Å². The molecule has 0 aromatic heterocycles. The fourth-order valence-corrected chi connectivity index (χ4v) is 1.70. The molecule has 0 fully saturated rings. The fraction of sp³-hybridized carbons (Fsp3) is 0.125. The molecule has 0 bridgehead atoms. The molecule has 2 aromatic carbocycles. The lowest BCUT2D eigenvalue weighted by Gasteiger charge is -2.01. The fourth-order valence-electron chi connectivity index (χ4n) is 1.70. The van der Waals surface area contributed by atoms with Gasteiger partial charge >= 0.3 is 0 Å². The van der Waals surface area contributed by atoms with Crippen LogP contribution in [0.4, 0.5) is 5.69 Å². The highest BCUT2D eigenvalue weighted by molar-refractivity contribution is 5.89. The number of benzene rings is 2. The smallest absolute Gasteiger partial charge is 0.221 e. The number of carbonyl (C=O) groups is 1. The van der Waals surface area contributed by atoms with E-state index in [1.807, 2.05) is 48.7 Å². The lowest BCUT2D eigenvalue weighted by molar-refractivity contribution is -0.114. The van der Waals surface area contributed by atoms with E-state index < -0.39 is 0 Å². The summed E-state index contributed by atoms with van der Waals surface area (Å²) in [5.41, 5.74) is 3.01. The van der Waals surface area contributed by atoms with E-state index in [4.69, 9.17) is 0 Å². The Morgan fingerprint density at radius 1 is 1.11 bits per heavy atom. The molecular formula is C16H16N2O. The third kappa shape index (κ3) is 4.39. The molecule has 3 nitrogen and oxygen atoms in total. The Hall–Kier alpha value is -2.42. The van der Waals surface area contributed by atoms with Crippen LogP contribution in [0.1, 0.15) is 18.1 Å². The topological polar surface area (TPSA) is 41.5 Å². The van der Waals surface area contributed by atoms with Gasteiger partial charge in [0.25, 0.3) is 0 Å². The molecule has 96 valence electrons. The van der Waals surface area contributed by atoms with Gasteiger partial charge in [0.05, 0.1) is 6.54 Å². The molecule has 0 spiro atoms. The van der Waals surface area contributed by atoms with Crippen LogP contribution in [-0.4, -0.2) is 12.1 Å². The number of nitrogens with one attached hydrogen (secondary N) is 1. The molecule has 1 N–H and O–H groups in total. The van der Waals surface area contributed by atoms with Gasteiger partial charge in [-0.25, -0.2) is 0 Å². The highest BCUT2D eigenvalue weighted by atomic mass is 16.1. The van der Waals surface area contributed by atoms with E-state index in [0.29, 0.717) is 6.54 Å². The Kier molecular flexibility index (Phi) is 4.45. The Morgan fingerprint density at radius 3 is 2.42 bits per heavy atom. The van der Waals surface area contributed by atoms with Crippen molar-refractivity contribution in [2.75, 3.05) is 5.32 Å². The summed E-state index contributed by atoms with van der Waals surface area (Å²) in [5.74, 6) is -0.0644.